The molecule has 19 heavy (non-hydrogen) atoms. The number of halogens is 1. The second-order valence-corrected chi connectivity index (χ2v) is 5.82. The van der Waals surface area contributed by atoms with Gasteiger partial charge in [0.1, 0.15) is 0 Å². The number of hydrogen-bond acceptors (Lipinski definition) is 3. The van der Waals surface area contributed by atoms with Crippen LogP contribution in [0.3, 0.4) is 0 Å². The quantitative estimate of drug-likeness (QED) is 0.661. The van der Waals surface area contributed by atoms with Gasteiger partial charge in [0.2, 0.25) is 5.91 Å². The molecule has 1 aromatic carbocycles. The van der Waals surface area contributed by atoms with Gasteiger partial charge < -0.3 is 5.32 Å². The van der Waals surface area contributed by atoms with E-state index in [1.54, 1.807) is 11.8 Å². The number of rotatable bonds is 4. The molecule has 1 aliphatic rings. The Balaban J connectivity index is 2.01. The first-order valence-corrected chi connectivity index (χ1v) is 7.43. The van der Waals surface area contributed by atoms with Crippen molar-refractivity contribution in [3.63, 3.8) is 0 Å². The summed E-state index contributed by atoms with van der Waals surface area (Å²) in [6.07, 6.45) is 6.03. The van der Waals surface area contributed by atoms with Crippen molar-refractivity contribution in [2.75, 3.05) is 18.8 Å². The van der Waals surface area contributed by atoms with Gasteiger partial charge in [-0.25, -0.2) is 0 Å². The van der Waals surface area contributed by atoms with Crippen LogP contribution in [0.5, 0.6) is 0 Å². The highest BCUT2D eigenvalue weighted by molar-refractivity contribution is 7.99. The predicted molar refractivity (Wildman–Crippen MR) is 79.4 cm³/mol. The molecule has 0 spiro atoms. The third-order valence-electron chi connectivity index (χ3n) is 2.86. The zero-order valence-electron chi connectivity index (χ0n) is 10.4. The smallest absolute Gasteiger partial charge is 0.234 e. The van der Waals surface area contributed by atoms with Crippen molar-refractivity contribution in [1.29, 1.82) is 0 Å². The van der Waals surface area contributed by atoms with Crippen LogP contribution in [0.2, 0.25) is 5.02 Å². The highest BCUT2D eigenvalue weighted by Gasteiger charge is 2.22. The summed E-state index contributed by atoms with van der Waals surface area (Å²) in [4.78, 5) is 13.0. The monoisotopic (exact) mass is 294 g/mol. The number of thioether (sulfide) groups is 1. The van der Waals surface area contributed by atoms with Crippen LogP contribution >= 0.6 is 23.4 Å². The Morgan fingerprint density at radius 3 is 3.21 bits per heavy atom. The Morgan fingerprint density at radius 1 is 1.58 bits per heavy atom. The molecule has 1 heterocycles. The molecule has 0 saturated heterocycles. The van der Waals surface area contributed by atoms with Crippen molar-refractivity contribution < 1.29 is 4.79 Å². The molecule has 1 aromatic rings. The number of carbonyl (C=O) groups excluding carboxylic acids is 1. The van der Waals surface area contributed by atoms with Crippen LogP contribution in [0.15, 0.2) is 23.1 Å². The minimum absolute atomic E-state index is 0.0371. The summed E-state index contributed by atoms with van der Waals surface area (Å²) >= 11 is 7.82. The molecule has 1 unspecified atom stereocenters. The molecule has 0 bridgehead atoms. The van der Waals surface area contributed by atoms with E-state index < -0.39 is 0 Å². The van der Waals surface area contributed by atoms with Gasteiger partial charge in [-0.1, -0.05) is 17.5 Å². The van der Waals surface area contributed by atoms with Crippen LogP contribution in [0, 0.1) is 12.3 Å². The van der Waals surface area contributed by atoms with E-state index in [-0.39, 0.29) is 18.5 Å². The first-order chi connectivity index (χ1) is 9.20. The van der Waals surface area contributed by atoms with E-state index in [9.17, 15) is 4.79 Å². The zero-order valence-corrected chi connectivity index (χ0v) is 12.0. The lowest BCUT2D eigenvalue weighted by Gasteiger charge is -2.26. The third-order valence-corrected chi connectivity index (χ3v) is 4.22. The largest absolute Gasteiger partial charge is 0.348 e. The molecule has 2 N–H and O–H groups in total. The molecule has 0 radical (unpaired) electrons. The molecule has 0 fully saturated rings. The molecule has 0 saturated carbocycles. The van der Waals surface area contributed by atoms with Gasteiger partial charge in [0.05, 0.1) is 19.1 Å². The van der Waals surface area contributed by atoms with Crippen molar-refractivity contribution in [2.45, 2.75) is 17.4 Å². The van der Waals surface area contributed by atoms with E-state index in [1.165, 1.54) is 4.90 Å². The van der Waals surface area contributed by atoms with Crippen LogP contribution in [-0.4, -0.2) is 24.7 Å². The van der Waals surface area contributed by atoms with Crippen LogP contribution in [0.1, 0.15) is 18.0 Å². The van der Waals surface area contributed by atoms with Crippen LogP contribution < -0.4 is 10.6 Å². The Kier molecular flexibility index (Phi) is 5.15. The second kappa shape index (κ2) is 6.85. The van der Waals surface area contributed by atoms with Gasteiger partial charge in [-0.2, -0.15) is 0 Å². The third kappa shape index (κ3) is 3.90. The molecule has 5 heteroatoms. The van der Waals surface area contributed by atoms with Crippen molar-refractivity contribution in [1.82, 2.24) is 10.6 Å². The fourth-order valence-corrected chi connectivity index (χ4v) is 3.29. The van der Waals surface area contributed by atoms with E-state index >= 15 is 0 Å². The molecule has 1 atom stereocenters. The van der Waals surface area contributed by atoms with Gasteiger partial charge >= 0.3 is 0 Å². The van der Waals surface area contributed by atoms with Gasteiger partial charge in [0.25, 0.3) is 0 Å². The maximum atomic E-state index is 11.8. The summed E-state index contributed by atoms with van der Waals surface area (Å²) in [5.41, 5.74) is 1.11. The first kappa shape index (κ1) is 14.3. The van der Waals surface area contributed by atoms with Crippen LogP contribution in [0.25, 0.3) is 0 Å². The molecule has 0 aliphatic carbocycles. The van der Waals surface area contributed by atoms with Crippen LogP contribution in [-0.2, 0) is 4.79 Å². The van der Waals surface area contributed by atoms with Crippen molar-refractivity contribution >= 4 is 29.3 Å². The molecule has 1 aliphatic heterocycles. The van der Waals surface area contributed by atoms with E-state index in [1.807, 2.05) is 18.2 Å². The molecular weight excluding hydrogens is 280 g/mol. The van der Waals surface area contributed by atoms with Crippen molar-refractivity contribution in [3.8, 4) is 12.3 Å². The second-order valence-electron chi connectivity index (χ2n) is 4.25. The fourth-order valence-electron chi connectivity index (χ4n) is 2.01. The summed E-state index contributed by atoms with van der Waals surface area (Å²) in [5.74, 6) is 3.39. The molecular formula is C14H15ClN2OS. The number of fused-ring (bicyclic) bond motifs is 1. The zero-order chi connectivity index (χ0) is 13.7. The van der Waals surface area contributed by atoms with E-state index in [0.717, 1.165) is 17.7 Å². The molecule has 2 rings (SSSR count). The average molecular weight is 295 g/mol. The Bertz CT molecular complexity index is 513. The maximum Gasteiger partial charge on any atom is 0.234 e. The minimum Gasteiger partial charge on any atom is -0.348 e. The molecule has 1 amide bonds. The number of nitrogens with one attached hydrogen (secondary N) is 2. The Morgan fingerprint density at radius 2 is 2.42 bits per heavy atom. The Hall–Kier alpha value is -1.15. The number of terminal acetylenes is 1. The first-order valence-electron chi connectivity index (χ1n) is 6.06. The van der Waals surface area contributed by atoms with Crippen molar-refractivity contribution in [2.24, 2.45) is 0 Å². The standard InChI is InChI=1S/C14H15ClN2OS/c1-2-6-16-9-14(18)17-12-5-7-19-13-4-3-10(15)8-11(12)13/h1,3-4,8,12,16H,5-7,9H2,(H,17,18). The Labute approximate surface area is 122 Å². The molecule has 0 aromatic heterocycles. The summed E-state index contributed by atoms with van der Waals surface area (Å²) in [7, 11) is 0. The van der Waals surface area contributed by atoms with Gasteiger partial charge in [-0.3, -0.25) is 10.1 Å². The summed E-state index contributed by atoms with van der Waals surface area (Å²) in [6.45, 7) is 0.639. The van der Waals surface area contributed by atoms with Gasteiger partial charge in [0, 0.05) is 15.7 Å². The van der Waals surface area contributed by atoms with Gasteiger partial charge in [0.15, 0.2) is 0 Å². The number of amides is 1. The van der Waals surface area contributed by atoms with Crippen molar-refractivity contribution in [3.05, 3.63) is 28.8 Å². The SMILES string of the molecule is C#CCNCC(=O)NC1CCSc2ccc(Cl)cc21. The summed E-state index contributed by atoms with van der Waals surface area (Å²) in [5, 5.41) is 6.60. The van der Waals surface area contributed by atoms with Gasteiger partial charge in [-0.15, -0.1) is 18.2 Å². The predicted octanol–water partition coefficient (Wildman–Crippen LogP) is 2.22. The fraction of sp³-hybridized carbons (Fsp3) is 0.357. The highest BCUT2D eigenvalue weighted by Crippen LogP contribution is 2.37. The van der Waals surface area contributed by atoms with E-state index in [2.05, 4.69) is 16.6 Å². The summed E-state index contributed by atoms with van der Waals surface area (Å²) < 4.78 is 0. The normalized spacial score (nSPS) is 17.4. The lowest BCUT2D eigenvalue weighted by atomic mass is 10.0. The molecule has 100 valence electrons. The topological polar surface area (TPSA) is 41.1 Å². The van der Waals surface area contributed by atoms with E-state index in [0.29, 0.717) is 11.6 Å². The lowest BCUT2D eigenvalue weighted by Crippen LogP contribution is -2.37. The lowest BCUT2D eigenvalue weighted by molar-refractivity contribution is -0.121. The van der Waals surface area contributed by atoms with Crippen LogP contribution in [0.4, 0.5) is 0 Å². The highest BCUT2D eigenvalue weighted by atomic mass is 35.5. The molecule has 3 nitrogen and oxygen atoms in total. The average Bonchev–Trinajstić information content (AvgIpc) is 2.40. The minimum atomic E-state index is -0.0434. The van der Waals surface area contributed by atoms with E-state index in [4.69, 9.17) is 18.0 Å². The maximum absolute atomic E-state index is 11.8. The number of benzene rings is 1. The number of carbonyl (C=O) groups is 1. The number of hydrogen-bond donors (Lipinski definition) is 2. The van der Waals surface area contributed by atoms with Gasteiger partial charge in [-0.05, 0) is 30.2 Å². The summed E-state index contributed by atoms with van der Waals surface area (Å²) in [6, 6.07) is 5.86.